The predicted molar refractivity (Wildman–Crippen MR) is 91.3 cm³/mol. The molecule has 0 unspecified atom stereocenters. The number of rotatable bonds is 7. The van der Waals surface area contributed by atoms with Crippen molar-refractivity contribution in [1.29, 1.82) is 0 Å². The van der Waals surface area contributed by atoms with E-state index in [1.165, 1.54) is 6.08 Å². The molecule has 1 N–H and O–H groups in total. The minimum Gasteiger partial charge on any atom is -0.496 e. The van der Waals surface area contributed by atoms with Crippen molar-refractivity contribution < 1.29 is 19.0 Å². The highest BCUT2D eigenvalue weighted by Crippen LogP contribution is 2.35. The maximum Gasteiger partial charge on any atom is 0.244 e. The third-order valence-electron chi connectivity index (χ3n) is 3.17. The standard InChI is InChI=1S/C17H19NO4S/c1-20-14-10-16(22-3)15(21-2)9-12(14)6-7-17(19)18-11-13-5-4-8-23-13/h4-10H,11H2,1-3H3,(H,18,19)/b7-6+. The molecular formula is C17H19NO4S. The molecule has 0 atom stereocenters. The summed E-state index contributed by atoms with van der Waals surface area (Å²) < 4.78 is 15.8. The molecule has 1 aromatic heterocycles. The van der Waals surface area contributed by atoms with Crippen LogP contribution in [0.5, 0.6) is 17.2 Å². The highest BCUT2D eigenvalue weighted by Gasteiger charge is 2.10. The van der Waals surface area contributed by atoms with Gasteiger partial charge in [-0.2, -0.15) is 0 Å². The number of hydrogen-bond donors (Lipinski definition) is 1. The van der Waals surface area contributed by atoms with Crippen molar-refractivity contribution in [3.63, 3.8) is 0 Å². The van der Waals surface area contributed by atoms with Crippen LogP contribution in [0.25, 0.3) is 6.08 Å². The summed E-state index contributed by atoms with van der Waals surface area (Å²) in [6.07, 6.45) is 3.15. The lowest BCUT2D eigenvalue weighted by Gasteiger charge is -2.12. The molecule has 1 heterocycles. The van der Waals surface area contributed by atoms with Gasteiger partial charge in [-0.05, 0) is 23.6 Å². The summed E-state index contributed by atoms with van der Waals surface area (Å²) in [6, 6.07) is 7.42. The van der Waals surface area contributed by atoms with Crippen LogP contribution >= 0.6 is 11.3 Å². The molecule has 122 valence electrons. The van der Waals surface area contributed by atoms with E-state index < -0.39 is 0 Å². The van der Waals surface area contributed by atoms with E-state index in [0.717, 1.165) is 10.4 Å². The van der Waals surface area contributed by atoms with Crippen molar-refractivity contribution in [3.8, 4) is 17.2 Å². The van der Waals surface area contributed by atoms with Crippen LogP contribution in [-0.4, -0.2) is 27.2 Å². The van der Waals surface area contributed by atoms with E-state index in [4.69, 9.17) is 14.2 Å². The van der Waals surface area contributed by atoms with Crippen molar-refractivity contribution in [2.24, 2.45) is 0 Å². The number of carbonyl (C=O) groups excluding carboxylic acids is 1. The van der Waals surface area contributed by atoms with E-state index in [1.807, 2.05) is 17.5 Å². The fourth-order valence-electron chi connectivity index (χ4n) is 1.99. The van der Waals surface area contributed by atoms with Gasteiger partial charge in [-0.1, -0.05) is 6.07 Å². The molecule has 0 saturated heterocycles. The Morgan fingerprint density at radius 2 is 1.83 bits per heavy atom. The lowest BCUT2D eigenvalue weighted by Crippen LogP contribution is -2.19. The molecule has 0 saturated carbocycles. The first-order chi connectivity index (χ1) is 11.2. The van der Waals surface area contributed by atoms with Crippen LogP contribution in [0, 0.1) is 0 Å². The third kappa shape index (κ3) is 4.50. The number of carbonyl (C=O) groups is 1. The zero-order chi connectivity index (χ0) is 16.7. The number of ether oxygens (including phenoxy) is 3. The first-order valence-corrected chi connectivity index (χ1v) is 7.84. The first kappa shape index (κ1) is 16.9. The van der Waals surface area contributed by atoms with Crippen LogP contribution in [0.4, 0.5) is 0 Å². The lowest BCUT2D eigenvalue weighted by molar-refractivity contribution is -0.116. The molecule has 0 spiro atoms. The smallest absolute Gasteiger partial charge is 0.244 e. The molecule has 0 aliphatic heterocycles. The second-order valence-electron chi connectivity index (χ2n) is 4.58. The quantitative estimate of drug-likeness (QED) is 0.791. The van der Waals surface area contributed by atoms with Gasteiger partial charge in [-0.25, -0.2) is 0 Å². The third-order valence-corrected chi connectivity index (χ3v) is 4.04. The predicted octanol–water partition coefficient (Wildman–Crippen LogP) is 3.10. The zero-order valence-electron chi connectivity index (χ0n) is 13.3. The van der Waals surface area contributed by atoms with Crippen LogP contribution in [0.2, 0.25) is 0 Å². The van der Waals surface area contributed by atoms with Gasteiger partial charge in [0, 0.05) is 22.6 Å². The summed E-state index contributed by atoms with van der Waals surface area (Å²) in [5, 5.41) is 4.81. The Kier molecular flexibility index (Phi) is 6.05. The Hall–Kier alpha value is -2.47. The molecule has 23 heavy (non-hydrogen) atoms. The summed E-state index contributed by atoms with van der Waals surface area (Å²) in [7, 11) is 4.69. The van der Waals surface area contributed by atoms with Gasteiger partial charge < -0.3 is 19.5 Å². The number of hydrogen-bond acceptors (Lipinski definition) is 5. The maximum absolute atomic E-state index is 11.9. The Labute approximate surface area is 139 Å². The molecule has 2 aromatic rings. The molecule has 0 aliphatic rings. The van der Waals surface area contributed by atoms with Crippen molar-refractivity contribution in [3.05, 3.63) is 46.2 Å². The Morgan fingerprint density at radius 1 is 1.13 bits per heavy atom. The van der Waals surface area contributed by atoms with Crippen molar-refractivity contribution in [2.45, 2.75) is 6.54 Å². The lowest BCUT2D eigenvalue weighted by atomic mass is 10.1. The van der Waals surface area contributed by atoms with Gasteiger partial charge in [0.05, 0.1) is 27.9 Å². The topological polar surface area (TPSA) is 56.8 Å². The molecule has 0 bridgehead atoms. The van der Waals surface area contributed by atoms with E-state index in [-0.39, 0.29) is 5.91 Å². The Morgan fingerprint density at radius 3 is 2.43 bits per heavy atom. The number of methoxy groups -OCH3 is 3. The number of nitrogens with one attached hydrogen (secondary N) is 1. The SMILES string of the molecule is COc1cc(OC)c(OC)cc1/C=C/C(=O)NCc1cccs1. The largest absolute Gasteiger partial charge is 0.496 e. The maximum atomic E-state index is 11.9. The molecular weight excluding hydrogens is 314 g/mol. The summed E-state index contributed by atoms with van der Waals surface area (Å²) in [4.78, 5) is 13.0. The minimum atomic E-state index is -0.171. The van der Waals surface area contributed by atoms with Crippen LogP contribution in [-0.2, 0) is 11.3 Å². The summed E-state index contributed by atoms with van der Waals surface area (Å²) in [5.41, 5.74) is 0.733. The van der Waals surface area contributed by atoms with E-state index in [2.05, 4.69) is 5.32 Å². The average molecular weight is 333 g/mol. The highest BCUT2D eigenvalue weighted by atomic mass is 32.1. The number of amides is 1. The van der Waals surface area contributed by atoms with Gasteiger partial charge in [0.2, 0.25) is 5.91 Å². The molecule has 5 nitrogen and oxygen atoms in total. The first-order valence-electron chi connectivity index (χ1n) is 6.96. The van der Waals surface area contributed by atoms with E-state index in [0.29, 0.717) is 23.8 Å². The number of benzene rings is 1. The molecule has 1 amide bonds. The van der Waals surface area contributed by atoms with Crippen LogP contribution in [0.3, 0.4) is 0 Å². The fourth-order valence-corrected chi connectivity index (χ4v) is 2.64. The average Bonchev–Trinajstić information content (AvgIpc) is 3.10. The highest BCUT2D eigenvalue weighted by molar-refractivity contribution is 7.09. The van der Waals surface area contributed by atoms with E-state index in [9.17, 15) is 4.79 Å². The molecule has 6 heteroatoms. The van der Waals surface area contributed by atoms with Crippen LogP contribution < -0.4 is 19.5 Å². The monoisotopic (exact) mass is 333 g/mol. The molecule has 2 rings (SSSR count). The van der Waals surface area contributed by atoms with Crippen molar-refractivity contribution in [2.75, 3.05) is 21.3 Å². The number of thiophene rings is 1. The van der Waals surface area contributed by atoms with Gasteiger partial charge in [-0.3, -0.25) is 4.79 Å². The second kappa shape index (κ2) is 8.24. The minimum absolute atomic E-state index is 0.171. The Bertz CT molecular complexity index is 680. The van der Waals surface area contributed by atoms with Gasteiger partial charge in [0.25, 0.3) is 0 Å². The fraction of sp³-hybridized carbons (Fsp3) is 0.235. The second-order valence-corrected chi connectivity index (χ2v) is 5.61. The Balaban J connectivity index is 2.09. The van der Waals surface area contributed by atoms with E-state index >= 15 is 0 Å². The van der Waals surface area contributed by atoms with Crippen LogP contribution in [0.1, 0.15) is 10.4 Å². The van der Waals surface area contributed by atoms with Gasteiger partial charge in [-0.15, -0.1) is 11.3 Å². The normalized spacial score (nSPS) is 10.6. The van der Waals surface area contributed by atoms with Crippen molar-refractivity contribution >= 4 is 23.3 Å². The van der Waals surface area contributed by atoms with Gasteiger partial charge in [0.15, 0.2) is 11.5 Å². The van der Waals surface area contributed by atoms with Crippen LogP contribution in [0.15, 0.2) is 35.7 Å². The zero-order valence-corrected chi connectivity index (χ0v) is 14.1. The van der Waals surface area contributed by atoms with Gasteiger partial charge in [0.1, 0.15) is 5.75 Å². The summed E-state index contributed by atoms with van der Waals surface area (Å²) in [5.74, 6) is 1.58. The van der Waals surface area contributed by atoms with Gasteiger partial charge >= 0.3 is 0 Å². The van der Waals surface area contributed by atoms with E-state index in [1.54, 1.807) is 50.9 Å². The van der Waals surface area contributed by atoms with Crippen molar-refractivity contribution in [1.82, 2.24) is 5.32 Å². The summed E-state index contributed by atoms with van der Waals surface area (Å²) in [6.45, 7) is 0.518. The summed E-state index contributed by atoms with van der Waals surface area (Å²) >= 11 is 1.61. The molecule has 1 aromatic carbocycles. The molecule has 0 aliphatic carbocycles. The molecule has 0 fully saturated rings. The molecule has 0 radical (unpaired) electrons.